The van der Waals surface area contributed by atoms with Crippen LogP contribution < -0.4 is 10.6 Å². The number of hydrogen-bond donors (Lipinski definition) is 2. The van der Waals surface area contributed by atoms with Crippen molar-refractivity contribution in [1.29, 1.82) is 0 Å². The van der Waals surface area contributed by atoms with Gasteiger partial charge in [0, 0.05) is 6.20 Å². The van der Waals surface area contributed by atoms with Crippen LogP contribution in [0.1, 0.15) is 25.5 Å². The third-order valence-electron chi connectivity index (χ3n) is 3.95. The van der Waals surface area contributed by atoms with E-state index < -0.39 is 7.60 Å². The van der Waals surface area contributed by atoms with Crippen molar-refractivity contribution in [3.8, 4) is 0 Å². The van der Waals surface area contributed by atoms with Crippen molar-refractivity contribution >= 4 is 19.0 Å². The Hall–Kier alpha value is -2.07. The van der Waals surface area contributed by atoms with Gasteiger partial charge in [0.25, 0.3) is 0 Å². The first-order chi connectivity index (χ1) is 12.2. The van der Waals surface area contributed by atoms with Crippen molar-refractivity contribution in [2.24, 2.45) is 0 Å². The molecule has 1 aliphatic rings. The Morgan fingerprint density at radius 2 is 1.52 bits per heavy atom. The van der Waals surface area contributed by atoms with Crippen LogP contribution in [0.5, 0.6) is 0 Å². The summed E-state index contributed by atoms with van der Waals surface area (Å²) in [5, 5.41) is 7.29. The fourth-order valence-corrected chi connectivity index (χ4v) is 4.67. The van der Waals surface area contributed by atoms with Gasteiger partial charge >= 0.3 is 7.60 Å². The summed E-state index contributed by atoms with van der Waals surface area (Å²) in [5.74, 6) is 0. The number of para-hydroxylation sites is 2. The lowest BCUT2D eigenvalue weighted by Crippen LogP contribution is -2.15. The number of rotatable bonds is 6. The number of fused-ring (bicyclic) bond motifs is 1. The average Bonchev–Trinajstić information content (AvgIpc) is 2.83. The standard InChI is InChI=1S/C19H23N2O3P/c1-3-23-25(22,24-4-2)18-14-20-16-12-8-9-13-17(16)21-19(18)15-10-6-5-7-11-15/h5-14,19-21H,3-4H2,1-2H3. The number of benzene rings is 2. The van der Waals surface area contributed by atoms with Crippen molar-refractivity contribution in [3.63, 3.8) is 0 Å². The summed E-state index contributed by atoms with van der Waals surface area (Å²) < 4.78 is 24.7. The van der Waals surface area contributed by atoms with Gasteiger partial charge in [-0.25, -0.2) is 0 Å². The molecule has 0 spiro atoms. The van der Waals surface area contributed by atoms with Gasteiger partial charge in [0.05, 0.1) is 35.9 Å². The molecular weight excluding hydrogens is 335 g/mol. The third kappa shape index (κ3) is 3.79. The van der Waals surface area contributed by atoms with Crippen LogP contribution in [0.15, 0.2) is 66.1 Å². The van der Waals surface area contributed by atoms with Gasteiger partial charge in [-0.15, -0.1) is 0 Å². The summed E-state index contributed by atoms with van der Waals surface area (Å²) in [6.07, 6.45) is 1.75. The predicted molar refractivity (Wildman–Crippen MR) is 102 cm³/mol. The molecule has 2 aromatic carbocycles. The second kappa shape index (κ2) is 7.87. The minimum absolute atomic E-state index is 0.309. The van der Waals surface area contributed by atoms with Gasteiger partial charge in [-0.2, -0.15) is 0 Å². The van der Waals surface area contributed by atoms with Gasteiger partial charge in [0.2, 0.25) is 0 Å². The van der Waals surface area contributed by atoms with Crippen molar-refractivity contribution < 1.29 is 13.6 Å². The topological polar surface area (TPSA) is 59.6 Å². The second-order valence-corrected chi connectivity index (χ2v) is 7.61. The lowest BCUT2D eigenvalue weighted by atomic mass is 10.1. The molecule has 0 saturated carbocycles. The van der Waals surface area contributed by atoms with Gasteiger partial charge < -0.3 is 19.7 Å². The molecule has 1 aliphatic heterocycles. The zero-order valence-corrected chi connectivity index (χ0v) is 15.3. The summed E-state index contributed by atoms with van der Waals surface area (Å²) in [7, 11) is -3.44. The van der Waals surface area contributed by atoms with E-state index >= 15 is 0 Å². The fraction of sp³-hybridized carbons (Fsp3) is 0.263. The number of hydrogen-bond acceptors (Lipinski definition) is 5. The maximum Gasteiger partial charge on any atom is 0.361 e. The van der Waals surface area contributed by atoms with E-state index in [-0.39, 0.29) is 6.04 Å². The Morgan fingerprint density at radius 1 is 0.920 bits per heavy atom. The molecule has 2 N–H and O–H groups in total. The quantitative estimate of drug-likeness (QED) is 0.680. The molecule has 0 fully saturated rings. The average molecular weight is 358 g/mol. The van der Waals surface area contributed by atoms with E-state index in [4.69, 9.17) is 9.05 Å². The van der Waals surface area contributed by atoms with Gasteiger partial charge in [-0.1, -0.05) is 42.5 Å². The molecule has 1 heterocycles. The van der Waals surface area contributed by atoms with Gasteiger partial charge in [0.15, 0.2) is 0 Å². The maximum atomic E-state index is 13.5. The first kappa shape index (κ1) is 17.7. The Bertz CT molecular complexity index is 782. The monoisotopic (exact) mass is 358 g/mol. The molecule has 1 unspecified atom stereocenters. The summed E-state index contributed by atoms with van der Waals surface area (Å²) in [6, 6.07) is 17.4. The number of nitrogens with one attached hydrogen (secondary N) is 2. The van der Waals surface area contributed by atoms with E-state index in [0.29, 0.717) is 18.5 Å². The molecule has 5 nitrogen and oxygen atoms in total. The van der Waals surface area contributed by atoms with Crippen molar-refractivity contribution in [2.75, 3.05) is 23.8 Å². The van der Waals surface area contributed by atoms with Crippen LogP contribution in [0.25, 0.3) is 0 Å². The van der Waals surface area contributed by atoms with E-state index in [1.54, 1.807) is 6.20 Å². The zero-order chi connectivity index (χ0) is 17.7. The largest absolute Gasteiger partial charge is 0.372 e. The Balaban J connectivity index is 2.10. The fourth-order valence-electron chi connectivity index (χ4n) is 2.86. The molecule has 0 aromatic heterocycles. The van der Waals surface area contributed by atoms with Crippen LogP contribution in [0.2, 0.25) is 0 Å². The van der Waals surface area contributed by atoms with Crippen LogP contribution >= 0.6 is 7.60 Å². The highest BCUT2D eigenvalue weighted by molar-refractivity contribution is 7.58. The van der Waals surface area contributed by atoms with Crippen LogP contribution in [-0.4, -0.2) is 13.2 Å². The molecule has 0 bridgehead atoms. The first-order valence-corrected chi connectivity index (χ1v) is 9.99. The minimum atomic E-state index is -3.44. The predicted octanol–water partition coefficient (Wildman–Crippen LogP) is 5.37. The Kier molecular flexibility index (Phi) is 5.59. The summed E-state index contributed by atoms with van der Waals surface area (Å²) >= 11 is 0. The highest BCUT2D eigenvalue weighted by Crippen LogP contribution is 2.61. The van der Waals surface area contributed by atoms with E-state index in [9.17, 15) is 4.57 Å². The molecule has 25 heavy (non-hydrogen) atoms. The molecule has 132 valence electrons. The summed E-state index contributed by atoms with van der Waals surface area (Å²) in [6.45, 7) is 4.25. The highest BCUT2D eigenvalue weighted by atomic mass is 31.2. The highest BCUT2D eigenvalue weighted by Gasteiger charge is 2.37. The second-order valence-electron chi connectivity index (χ2n) is 5.58. The minimum Gasteiger partial charge on any atom is -0.372 e. The Labute approximate surface area is 148 Å². The molecule has 1 atom stereocenters. The van der Waals surface area contributed by atoms with Crippen LogP contribution in [-0.2, 0) is 13.6 Å². The smallest absolute Gasteiger partial charge is 0.361 e. The molecule has 0 radical (unpaired) electrons. The normalized spacial score (nSPS) is 16.9. The maximum absolute atomic E-state index is 13.5. The first-order valence-electron chi connectivity index (χ1n) is 8.44. The number of anilines is 2. The molecule has 0 amide bonds. The SMILES string of the molecule is CCOP(=O)(OCC)C1=CNc2ccccc2NC1c1ccccc1. The molecule has 0 aliphatic carbocycles. The summed E-state index contributed by atoms with van der Waals surface area (Å²) in [5.41, 5.74) is 2.84. The van der Waals surface area contributed by atoms with Crippen molar-refractivity contribution in [1.82, 2.24) is 0 Å². The molecular formula is C19H23N2O3P. The lowest BCUT2D eigenvalue weighted by Gasteiger charge is -2.27. The van der Waals surface area contributed by atoms with Crippen molar-refractivity contribution in [3.05, 3.63) is 71.7 Å². The lowest BCUT2D eigenvalue weighted by molar-refractivity contribution is 0.225. The van der Waals surface area contributed by atoms with Crippen molar-refractivity contribution in [2.45, 2.75) is 19.9 Å². The van der Waals surface area contributed by atoms with E-state index in [1.165, 1.54) is 0 Å². The van der Waals surface area contributed by atoms with Gasteiger partial charge in [0.1, 0.15) is 0 Å². The van der Waals surface area contributed by atoms with E-state index in [0.717, 1.165) is 16.9 Å². The van der Waals surface area contributed by atoms with E-state index in [2.05, 4.69) is 10.6 Å². The molecule has 6 heteroatoms. The summed E-state index contributed by atoms with van der Waals surface area (Å²) in [4.78, 5) is 0. The van der Waals surface area contributed by atoms with Crippen LogP contribution in [0.4, 0.5) is 11.4 Å². The third-order valence-corrected chi connectivity index (χ3v) is 6.16. The zero-order valence-electron chi connectivity index (χ0n) is 14.4. The van der Waals surface area contributed by atoms with E-state index in [1.807, 2.05) is 68.4 Å². The van der Waals surface area contributed by atoms with Crippen LogP contribution in [0, 0.1) is 0 Å². The molecule has 3 rings (SSSR count). The Morgan fingerprint density at radius 3 is 2.16 bits per heavy atom. The van der Waals surface area contributed by atoms with Gasteiger partial charge in [-0.05, 0) is 31.5 Å². The van der Waals surface area contributed by atoms with Crippen LogP contribution in [0.3, 0.4) is 0 Å². The van der Waals surface area contributed by atoms with Gasteiger partial charge in [-0.3, -0.25) is 4.57 Å². The molecule has 2 aromatic rings. The molecule has 0 saturated heterocycles.